The summed E-state index contributed by atoms with van der Waals surface area (Å²) in [6.07, 6.45) is 8.32. The van der Waals surface area contributed by atoms with Gasteiger partial charge in [-0.05, 0) is 31.8 Å². The zero-order chi connectivity index (χ0) is 12.1. The van der Waals surface area contributed by atoms with Crippen LogP contribution in [0.1, 0.15) is 12.8 Å². The van der Waals surface area contributed by atoms with Gasteiger partial charge < -0.3 is 14.8 Å². The highest BCUT2D eigenvalue weighted by Gasteiger charge is 2.17. The minimum Gasteiger partial charge on any atom is -0.345 e. The van der Waals surface area contributed by atoms with E-state index in [9.17, 15) is 0 Å². The summed E-state index contributed by atoms with van der Waals surface area (Å²) in [5.74, 6) is 1.83. The van der Waals surface area contributed by atoms with E-state index < -0.39 is 0 Å². The molecule has 1 aliphatic rings. The van der Waals surface area contributed by atoms with Crippen molar-refractivity contribution in [2.75, 3.05) is 31.6 Å². The van der Waals surface area contributed by atoms with Crippen molar-refractivity contribution in [3.8, 4) is 0 Å². The fourth-order valence-corrected chi connectivity index (χ4v) is 2.45. The van der Waals surface area contributed by atoms with Gasteiger partial charge in [0, 0.05) is 32.5 Å². The van der Waals surface area contributed by atoms with Gasteiger partial charge >= 0.3 is 0 Å². The van der Waals surface area contributed by atoms with Crippen LogP contribution in [0, 0.1) is 5.92 Å². The maximum atomic E-state index is 4.43. The van der Waals surface area contributed by atoms with Crippen LogP contribution in [0.5, 0.6) is 0 Å². The summed E-state index contributed by atoms with van der Waals surface area (Å²) in [5.41, 5.74) is 0. The van der Waals surface area contributed by atoms with Crippen LogP contribution in [0.3, 0.4) is 0 Å². The molecule has 1 saturated heterocycles. The Bertz CT molecular complexity index is 352. The van der Waals surface area contributed by atoms with Crippen molar-refractivity contribution in [1.29, 1.82) is 0 Å². The Balaban J connectivity index is 1.95. The summed E-state index contributed by atoms with van der Waals surface area (Å²) in [5, 5.41) is 3.40. The van der Waals surface area contributed by atoms with Gasteiger partial charge in [-0.25, -0.2) is 4.98 Å². The summed E-state index contributed by atoms with van der Waals surface area (Å²) in [4.78, 5) is 6.69. The SMILES string of the molecule is C=CCn1ccnc1N(C)CC1CCNCC1. The summed E-state index contributed by atoms with van der Waals surface area (Å²) < 4.78 is 2.13. The third-order valence-electron chi connectivity index (χ3n) is 3.35. The maximum absolute atomic E-state index is 4.43. The molecule has 4 heteroatoms. The zero-order valence-corrected chi connectivity index (χ0v) is 10.6. The molecule has 17 heavy (non-hydrogen) atoms. The molecular weight excluding hydrogens is 212 g/mol. The lowest BCUT2D eigenvalue weighted by Crippen LogP contribution is -2.35. The molecule has 0 radical (unpaired) electrons. The minimum absolute atomic E-state index is 0.787. The normalized spacial score (nSPS) is 17.0. The van der Waals surface area contributed by atoms with Crippen molar-refractivity contribution in [1.82, 2.24) is 14.9 Å². The van der Waals surface area contributed by atoms with E-state index in [1.807, 2.05) is 18.5 Å². The van der Waals surface area contributed by atoms with Crippen molar-refractivity contribution in [2.45, 2.75) is 19.4 Å². The van der Waals surface area contributed by atoms with E-state index >= 15 is 0 Å². The fraction of sp³-hybridized carbons (Fsp3) is 0.615. The van der Waals surface area contributed by atoms with Gasteiger partial charge in [0.05, 0.1) is 0 Å². The molecule has 0 unspecified atom stereocenters. The maximum Gasteiger partial charge on any atom is 0.205 e. The third kappa shape index (κ3) is 3.09. The van der Waals surface area contributed by atoms with Gasteiger partial charge in [-0.1, -0.05) is 6.08 Å². The number of rotatable bonds is 5. The molecule has 0 aliphatic carbocycles. The van der Waals surface area contributed by atoms with Gasteiger partial charge in [0.15, 0.2) is 0 Å². The second-order valence-electron chi connectivity index (χ2n) is 4.74. The third-order valence-corrected chi connectivity index (χ3v) is 3.35. The van der Waals surface area contributed by atoms with Crippen LogP contribution in [-0.2, 0) is 6.54 Å². The Morgan fingerprint density at radius 1 is 1.59 bits per heavy atom. The number of nitrogens with zero attached hydrogens (tertiary/aromatic N) is 3. The van der Waals surface area contributed by atoms with Crippen LogP contribution >= 0.6 is 0 Å². The number of hydrogen-bond donors (Lipinski definition) is 1. The molecule has 0 atom stereocenters. The monoisotopic (exact) mass is 234 g/mol. The number of hydrogen-bond acceptors (Lipinski definition) is 3. The van der Waals surface area contributed by atoms with Crippen LogP contribution in [0.25, 0.3) is 0 Å². The highest BCUT2D eigenvalue weighted by Crippen LogP contribution is 2.17. The Hall–Kier alpha value is -1.29. The molecule has 0 amide bonds. The fourth-order valence-electron chi connectivity index (χ4n) is 2.45. The number of piperidine rings is 1. The zero-order valence-electron chi connectivity index (χ0n) is 10.6. The van der Waals surface area contributed by atoms with E-state index in [-0.39, 0.29) is 0 Å². The minimum atomic E-state index is 0.787. The lowest BCUT2D eigenvalue weighted by molar-refractivity contribution is 0.376. The molecule has 1 N–H and O–H groups in total. The average Bonchev–Trinajstić information content (AvgIpc) is 2.79. The first-order valence-corrected chi connectivity index (χ1v) is 6.35. The van der Waals surface area contributed by atoms with Crippen LogP contribution in [0.4, 0.5) is 5.95 Å². The smallest absolute Gasteiger partial charge is 0.205 e. The Kier molecular flexibility index (Phi) is 4.20. The van der Waals surface area contributed by atoms with Crippen LogP contribution < -0.4 is 10.2 Å². The largest absolute Gasteiger partial charge is 0.345 e. The highest BCUT2D eigenvalue weighted by atomic mass is 15.3. The standard InChI is InChI=1S/C13H22N4/c1-3-9-17-10-8-15-13(17)16(2)11-12-4-6-14-7-5-12/h3,8,10,12,14H,1,4-7,9,11H2,2H3. The Morgan fingerprint density at radius 3 is 3.06 bits per heavy atom. The molecule has 1 fully saturated rings. The summed E-state index contributed by atoms with van der Waals surface area (Å²) in [6, 6.07) is 0. The summed E-state index contributed by atoms with van der Waals surface area (Å²) in [6.45, 7) is 8.00. The molecule has 0 saturated carbocycles. The van der Waals surface area contributed by atoms with Crippen LogP contribution in [-0.4, -0.2) is 36.2 Å². The molecular formula is C13H22N4. The highest BCUT2D eigenvalue weighted by molar-refractivity contribution is 5.30. The van der Waals surface area contributed by atoms with Crippen molar-refractivity contribution >= 4 is 5.95 Å². The predicted octanol–water partition coefficient (Wildman–Crippen LogP) is 1.50. The van der Waals surface area contributed by atoms with Gasteiger partial charge in [-0.15, -0.1) is 6.58 Å². The van der Waals surface area contributed by atoms with E-state index in [1.165, 1.54) is 12.8 Å². The van der Waals surface area contributed by atoms with E-state index in [0.29, 0.717) is 0 Å². The molecule has 0 bridgehead atoms. The van der Waals surface area contributed by atoms with Gasteiger partial charge in [-0.3, -0.25) is 0 Å². The van der Waals surface area contributed by atoms with Gasteiger partial charge in [0.2, 0.25) is 5.95 Å². The van der Waals surface area contributed by atoms with E-state index in [2.05, 4.69) is 33.4 Å². The number of nitrogens with one attached hydrogen (secondary N) is 1. The number of aromatic nitrogens is 2. The molecule has 4 nitrogen and oxygen atoms in total. The number of imidazole rings is 1. The molecule has 0 aromatic carbocycles. The lowest BCUT2D eigenvalue weighted by Gasteiger charge is -2.28. The number of allylic oxidation sites excluding steroid dienone is 1. The lowest BCUT2D eigenvalue weighted by atomic mass is 9.98. The molecule has 2 heterocycles. The van der Waals surface area contributed by atoms with Crippen LogP contribution in [0.2, 0.25) is 0 Å². The van der Waals surface area contributed by atoms with E-state index in [4.69, 9.17) is 0 Å². The van der Waals surface area contributed by atoms with Gasteiger partial charge in [0.1, 0.15) is 0 Å². The Labute approximate surface area is 103 Å². The second-order valence-corrected chi connectivity index (χ2v) is 4.74. The topological polar surface area (TPSA) is 33.1 Å². The van der Waals surface area contributed by atoms with Crippen molar-refractivity contribution < 1.29 is 0 Å². The molecule has 0 spiro atoms. The Morgan fingerprint density at radius 2 is 2.35 bits per heavy atom. The molecule has 94 valence electrons. The molecule has 1 aromatic heterocycles. The van der Waals surface area contributed by atoms with E-state index in [0.717, 1.165) is 38.0 Å². The first-order chi connectivity index (χ1) is 8.31. The van der Waals surface area contributed by atoms with Gasteiger partial charge in [0.25, 0.3) is 0 Å². The van der Waals surface area contributed by atoms with Crippen molar-refractivity contribution in [2.24, 2.45) is 5.92 Å². The summed E-state index contributed by atoms with van der Waals surface area (Å²) >= 11 is 0. The quantitative estimate of drug-likeness (QED) is 0.784. The molecule has 1 aliphatic heterocycles. The predicted molar refractivity (Wildman–Crippen MR) is 71.3 cm³/mol. The van der Waals surface area contributed by atoms with E-state index in [1.54, 1.807) is 0 Å². The second kappa shape index (κ2) is 5.87. The average molecular weight is 234 g/mol. The molecule has 2 rings (SSSR count). The number of anilines is 1. The first kappa shape index (κ1) is 12.2. The first-order valence-electron chi connectivity index (χ1n) is 6.35. The molecule has 1 aromatic rings. The van der Waals surface area contributed by atoms with Crippen LogP contribution in [0.15, 0.2) is 25.0 Å². The summed E-state index contributed by atoms with van der Waals surface area (Å²) in [7, 11) is 2.13. The van der Waals surface area contributed by atoms with Crippen molar-refractivity contribution in [3.05, 3.63) is 25.0 Å². The van der Waals surface area contributed by atoms with Crippen molar-refractivity contribution in [3.63, 3.8) is 0 Å². The van der Waals surface area contributed by atoms with Gasteiger partial charge in [-0.2, -0.15) is 0 Å².